The molecule has 1 heterocycles. The molecule has 0 aromatic rings. The Labute approximate surface area is 135 Å². The Hall–Kier alpha value is -1.44. The minimum Gasteiger partial charge on any atom is -0.485 e. The van der Waals surface area contributed by atoms with Gasteiger partial charge in [0.15, 0.2) is 5.76 Å². The molecule has 0 bridgehead atoms. The van der Waals surface area contributed by atoms with Crippen LogP contribution in [0.5, 0.6) is 0 Å². The molecule has 0 saturated carbocycles. The fourth-order valence-corrected chi connectivity index (χ4v) is 3.16. The maximum absolute atomic E-state index is 5.59. The third kappa shape index (κ3) is 4.80. The van der Waals surface area contributed by atoms with E-state index in [1.807, 2.05) is 33.8 Å². The molecular formula is C18H29NOS. The largest absolute Gasteiger partial charge is 0.485 e. The molecule has 0 fully saturated rings. The first-order valence-electron chi connectivity index (χ1n) is 7.41. The molecule has 118 valence electrons. The van der Waals surface area contributed by atoms with Crippen LogP contribution in [0.2, 0.25) is 0 Å². The monoisotopic (exact) mass is 307 g/mol. The van der Waals surface area contributed by atoms with E-state index in [4.69, 9.17) is 4.74 Å². The summed E-state index contributed by atoms with van der Waals surface area (Å²) < 4.78 is 5.59. The van der Waals surface area contributed by atoms with Gasteiger partial charge in [0.05, 0.1) is 11.5 Å². The topological polar surface area (TPSA) is 21.6 Å². The second-order valence-corrected chi connectivity index (χ2v) is 5.04. The van der Waals surface area contributed by atoms with Crippen LogP contribution < -0.4 is 0 Å². The minimum atomic E-state index is 0. The summed E-state index contributed by atoms with van der Waals surface area (Å²) >= 11 is 1.63. The number of rotatable bonds is 5. The van der Waals surface area contributed by atoms with E-state index in [0.717, 1.165) is 33.2 Å². The van der Waals surface area contributed by atoms with Crippen LogP contribution in [0.3, 0.4) is 0 Å². The highest BCUT2D eigenvalue weighted by Gasteiger charge is 2.27. The van der Waals surface area contributed by atoms with Gasteiger partial charge in [-0.25, -0.2) is 0 Å². The maximum atomic E-state index is 5.59. The van der Waals surface area contributed by atoms with Crippen molar-refractivity contribution in [2.45, 2.75) is 41.5 Å². The number of thioether (sulfide) groups is 1. The van der Waals surface area contributed by atoms with E-state index in [1.165, 1.54) is 0 Å². The number of aliphatic imine (C=N–C) groups is 1. The molecule has 0 atom stereocenters. The highest BCUT2D eigenvalue weighted by molar-refractivity contribution is 8.18. The standard InChI is InChI=1S/C16H21NOS.C2H6.H2/c1-7-11(5)14-12(6)15(13(8-2)18-10-4)19-16(14)17-9-3;1-2;/h7H,1-2,9-10H2,3-6H3;1-2H3;1H/b14-11+,17-16?;;. The van der Waals surface area contributed by atoms with Crippen LogP contribution in [-0.4, -0.2) is 18.2 Å². The first-order valence-corrected chi connectivity index (χ1v) is 8.22. The van der Waals surface area contributed by atoms with Gasteiger partial charge in [-0.3, -0.25) is 4.99 Å². The molecule has 0 saturated heterocycles. The third-order valence-corrected chi connectivity index (χ3v) is 4.01. The van der Waals surface area contributed by atoms with Crippen LogP contribution in [-0.2, 0) is 4.74 Å². The van der Waals surface area contributed by atoms with Crippen LogP contribution in [0.25, 0.3) is 0 Å². The number of allylic oxidation sites excluding steroid dienone is 3. The first kappa shape index (κ1) is 19.6. The van der Waals surface area contributed by atoms with Gasteiger partial charge in [-0.05, 0) is 38.8 Å². The summed E-state index contributed by atoms with van der Waals surface area (Å²) in [7, 11) is 0. The molecule has 21 heavy (non-hydrogen) atoms. The van der Waals surface area contributed by atoms with Crippen LogP contribution in [0.4, 0.5) is 0 Å². The van der Waals surface area contributed by atoms with Crippen LogP contribution >= 0.6 is 11.8 Å². The van der Waals surface area contributed by atoms with Gasteiger partial charge in [-0.2, -0.15) is 0 Å². The van der Waals surface area contributed by atoms with Gasteiger partial charge < -0.3 is 4.74 Å². The van der Waals surface area contributed by atoms with Crippen molar-refractivity contribution >= 4 is 16.8 Å². The highest BCUT2D eigenvalue weighted by Crippen LogP contribution is 2.43. The van der Waals surface area contributed by atoms with Crippen molar-refractivity contribution in [2.75, 3.05) is 13.2 Å². The Kier molecular flexibility index (Phi) is 9.60. The molecule has 0 spiro atoms. The molecule has 0 amide bonds. The summed E-state index contributed by atoms with van der Waals surface area (Å²) in [5.74, 6) is 0.709. The molecule has 0 unspecified atom stereocenters. The van der Waals surface area contributed by atoms with E-state index in [2.05, 4.69) is 37.7 Å². The SMILES string of the molecule is C=C=C(OCC)C1=C(C)/C(=C(/C)C=C)C(=NCC)S1.CC.[HH]. The van der Waals surface area contributed by atoms with Crippen molar-refractivity contribution in [2.24, 2.45) is 4.99 Å². The zero-order valence-electron chi connectivity index (χ0n) is 14.2. The fourth-order valence-electron chi connectivity index (χ4n) is 1.88. The highest BCUT2D eigenvalue weighted by atomic mass is 32.2. The second-order valence-electron chi connectivity index (χ2n) is 4.04. The summed E-state index contributed by atoms with van der Waals surface area (Å²) in [4.78, 5) is 5.62. The zero-order valence-corrected chi connectivity index (χ0v) is 15.0. The smallest absolute Gasteiger partial charge is 0.175 e. The van der Waals surface area contributed by atoms with E-state index in [1.54, 1.807) is 11.8 Å². The number of nitrogens with zero attached hydrogens (tertiary/aromatic N) is 1. The van der Waals surface area contributed by atoms with Crippen LogP contribution in [0.15, 0.2) is 57.3 Å². The predicted molar refractivity (Wildman–Crippen MR) is 98.9 cm³/mol. The quantitative estimate of drug-likeness (QED) is 0.465. The number of ether oxygens (including phenoxy) is 1. The Morgan fingerprint density at radius 2 is 2.05 bits per heavy atom. The molecule has 0 aliphatic carbocycles. The Balaban J connectivity index is 0. The Morgan fingerprint density at radius 1 is 1.43 bits per heavy atom. The molecule has 2 nitrogen and oxygen atoms in total. The first-order chi connectivity index (χ1) is 10.1. The molecule has 3 heteroatoms. The van der Waals surface area contributed by atoms with Gasteiger partial charge >= 0.3 is 0 Å². The van der Waals surface area contributed by atoms with Crippen LogP contribution in [0.1, 0.15) is 43.0 Å². The molecule has 0 aromatic carbocycles. The van der Waals surface area contributed by atoms with Crippen molar-refractivity contribution in [3.63, 3.8) is 0 Å². The van der Waals surface area contributed by atoms with Crippen molar-refractivity contribution in [1.82, 2.24) is 0 Å². The lowest BCUT2D eigenvalue weighted by Crippen LogP contribution is -1.96. The van der Waals surface area contributed by atoms with Gasteiger partial charge in [0.25, 0.3) is 0 Å². The fraction of sp³-hybridized carbons (Fsp3) is 0.444. The number of hydrogen-bond acceptors (Lipinski definition) is 3. The molecule has 0 N–H and O–H groups in total. The Morgan fingerprint density at radius 3 is 2.48 bits per heavy atom. The minimum absolute atomic E-state index is 0. The average Bonchev–Trinajstić information content (AvgIpc) is 2.83. The summed E-state index contributed by atoms with van der Waals surface area (Å²) in [5, 5.41) is 1.03. The lowest BCUT2D eigenvalue weighted by Gasteiger charge is -2.06. The summed E-state index contributed by atoms with van der Waals surface area (Å²) in [6, 6.07) is 0. The lowest BCUT2D eigenvalue weighted by atomic mass is 10.0. The molecule has 0 radical (unpaired) electrons. The van der Waals surface area contributed by atoms with E-state index >= 15 is 0 Å². The maximum Gasteiger partial charge on any atom is 0.175 e. The van der Waals surface area contributed by atoms with E-state index in [9.17, 15) is 0 Å². The van der Waals surface area contributed by atoms with Gasteiger partial charge in [-0.1, -0.05) is 50.6 Å². The Bertz CT molecular complexity index is 523. The third-order valence-electron chi connectivity index (χ3n) is 2.79. The average molecular weight is 308 g/mol. The van der Waals surface area contributed by atoms with E-state index in [0.29, 0.717) is 12.4 Å². The van der Waals surface area contributed by atoms with Gasteiger partial charge in [0.2, 0.25) is 0 Å². The molecular weight excluding hydrogens is 278 g/mol. The second kappa shape index (κ2) is 10.3. The zero-order chi connectivity index (χ0) is 16.4. The predicted octanol–water partition coefficient (Wildman–Crippen LogP) is 5.91. The van der Waals surface area contributed by atoms with Crippen molar-refractivity contribution in [1.29, 1.82) is 0 Å². The lowest BCUT2D eigenvalue weighted by molar-refractivity contribution is 0.242. The summed E-state index contributed by atoms with van der Waals surface area (Å²) in [5.41, 5.74) is 6.33. The number of hydrogen-bond donors (Lipinski definition) is 0. The van der Waals surface area contributed by atoms with Crippen molar-refractivity contribution < 1.29 is 6.16 Å². The van der Waals surface area contributed by atoms with Crippen LogP contribution in [0, 0.1) is 0 Å². The van der Waals surface area contributed by atoms with Gasteiger partial charge in [-0.15, -0.1) is 0 Å². The van der Waals surface area contributed by atoms with E-state index < -0.39 is 0 Å². The molecule has 1 aliphatic heterocycles. The molecule has 1 aliphatic rings. The van der Waals surface area contributed by atoms with Gasteiger partial charge in [0.1, 0.15) is 5.04 Å². The molecule has 1 rings (SSSR count). The van der Waals surface area contributed by atoms with Gasteiger partial charge in [0, 0.05) is 13.5 Å². The summed E-state index contributed by atoms with van der Waals surface area (Å²) in [6.45, 7) is 21.1. The van der Waals surface area contributed by atoms with Crippen molar-refractivity contribution in [3.8, 4) is 0 Å². The normalized spacial score (nSPS) is 17.9. The molecule has 0 aromatic heterocycles. The summed E-state index contributed by atoms with van der Waals surface area (Å²) in [6.07, 6.45) is 1.87. The van der Waals surface area contributed by atoms with Crippen molar-refractivity contribution in [3.05, 3.63) is 52.3 Å². The van der Waals surface area contributed by atoms with E-state index in [-0.39, 0.29) is 1.43 Å².